The molecule has 0 aromatic heterocycles. The van der Waals surface area contributed by atoms with Crippen molar-refractivity contribution in [2.24, 2.45) is 0 Å². The molecule has 0 radical (unpaired) electrons. The van der Waals surface area contributed by atoms with Crippen LogP contribution in [0.3, 0.4) is 0 Å². The maximum absolute atomic E-state index is 12.6. The zero-order chi connectivity index (χ0) is 18.0. The van der Waals surface area contributed by atoms with Crippen molar-refractivity contribution in [3.63, 3.8) is 0 Å². The van der Waals surface area contributed by atoms with E-state index in [0.29, 0.717) is 25.9 Å². The summed E-state index contributed by atoms with van der Waals surface area (Å²) in [6.07, 6.45) is 1.61. The average Bonchev–Trinajstić information content (AvgIpc) is 3.24. The fourth-order valence-corrected chi connectivity index (χ4v) is 4.75. The first-order chi connectivity index (χ1) is 11.9. The highest BCUT2D eigenvalue weighted by molar-refractivity contribution is 7.89. The maximum Gasteiger partial charge on any atom is 0.475 e. The van der Waals surface area contributed by atoms with Crippen LogP contribution < -0.4 is 10.0 Å². The number of benzene rings is 1. The van der Waals surface area contributed by atoms with Crippen molar-refractivity contribution in [3.8, 4) is 0 Å². The summed E-state index contributed by atoms with van der Waals surface area (Å²) in [6, 6.07) is 7.17. The average molecular weight is 367 g/mol. The van der Waals surface area contributed by atoms with E-state index in [9.17, 15) is 23.3 Å². The number of amides is 1. The van der Waals surface area contributed by atoms with Gasteiger partial charge in [0.25, 0.3) is 0 Å². The quantitative estimate of drug-likeness (QED) is 0.481. The second-order valence-electron chi connectivity index (χ2n) is 6.48. The number of hydrogen-bond acceptors (Lipinski definition) is 6. The Hall–Kier alpha value is -1.46. The van der Waals surface area contributed by atoms with Crippen molar-refractivity contribution >= 4 is 23.0 Å². The van der Waals surface area contributed by atoms with Crippen LogP contribution in [-0.4, -0.2) is 67.5 Å². The van der Waals surface area contributed by atoms with Gasteiger partial charge in [0.1, 0.15) is 0 Å². The maximum atomic E-state index is 12.6. The van der Waals surface area contributed by atoms with Crippen molar-refractivity contribution < 1.29 is 23.3 Å². The van der Waals surface area contributed by atoms with E-state index in [1.807, 2.05) is 0 Å². The number of nitrogens with zero attached hydrogens (tertiary/aromatic N) is 1. The molecule has 0 saturated carbocycles. The van der Waals surface area contributed by atoms with Gasteiger partial charge in [0.2, 0.25) is 15.9 Å². The molecule has 25 heavy (non-hydrogen) atoms. The molecule has 3 atom stereocenters. The Bertz CT molecular complexity index is 715. The molecule has 8 nitrogen and oxygen atoms in total. The third kappa shape index (κ3) is 4.04. The molecule has 10 heteroatoms. The molecule has 0 bridgehead atoms. The van der Waals surface area contributed by atoms with Crippen LogP contribution >= 0.6 is 0 Å². The molecule has 2 heterocycles. The van der Waals surface area contributed by atoms with Gasteiger partial charge in [-0.15, -0.1) is 0 Å². The number of sulfonamides is 1. The van der Waals surface area contributed by atoms with E-state index in [1.165, 1.54) is 17.0 Å². The third-order valence-corrected chi connectivity index (χ3v) is 6.27. The lowest BCUT2D eigenvalue weighted by atomic mass is 9.77. The van der Waals surface area contributed by atoms with Crippen LogP contribution in [0.1, 0.15) is 19.3 Å². The zero-order valence-corrected chi connectivity index (χ0v) is 14.5. The van der Waals surface area contributed by atoms with Gasteiger partial charge in [0.15, 0.2) is 0 Å². The van der Waals surface area contributed by atoms with Crippen LogP contribution in [0.5, 0.6) is 0 Å². The Morgan fingerprint density at radius 3 is 2.68 bits per heavy atom. The summed E-state index contributed by atoms with van der Waals surface area (Å²) in [5, 5.41) is 21.8. The first kappa shape index (κ1) is 18.3. The van der Waals surface area contributed by atoms with E-state index < -0.39 is 29.1 Å². The van der Waals surface area contributed by atoms with Gasteiger partial charge >= 0.3 is 7.12 Å². The van der Waals surface area contributed by atoms with Gasteiger partial charge < -0.3 is 20.3 Å². The van der Waals surface area contributed by atoms with Crippen LogP contribution in [0.25, 0.3) is 0 Å². The standard InChI is InChI=1S/C15H22BN3O5S/c20-15(19-8-4-7-14(19)16(21)22)13-9-11(10-17-13)18-25(23,24)12-5-2-1-3-6-12/h1-3,5-6,11,13-14,17-18,21-22H,4,7-10H2/t11-,13?,14-/m0/s1. The van der Waals surface area contributed by atoms with E-state index in [1.54, 1.807) is 18.2 Å². The summed E-state index contributed by atoms with van der Waals surface area (Å²) >= 11 is 0. The zero-order valence-electron chi connectivity index (χ0n) is 13.7. The van der Waals surface area contributed by atoms with Crippen LogP contribution in [0.2, 0.25) is 0 Å². The molecule has 2 saturated heterocycles. The highest BCUT2D eigenvalue weighted by Crippen LogP contribution is 2.22. The fraction of sp³-hybridized carbons (Fsp3) is 0.533. The van der Waals surface area contributed by atoms with E-state index in [-0.39, 0.29) is 16.8 Å². The monoisotopic (exact) mass is 367 g/mol. The minimum absolute atomic E-state index is 0.188. The van der Waals surface area contributed by atoms with E-state index in [4.69, 9.17) is 0 Å². The highest BCUT2D eigenvalue weighted by atomic mass is 32.2. The number of rotatable bonds is 5. The third-order valence-electron chi connectivity index (χ3n) is 4.73. The lowest BCUT2D eigenvalue weighted by molar-refractivity contribution is -0.133. The van der Waals surface area contributed by atoms with Crippen LogP contribution in [0.4, 0.5) is 0 Å². The number of nitrogens with one attached hydrogen (secondary N) is 2. The number of hydrogen-bond donors (Lipinski definition) is 4. The smallest absolute Gasteiger partial charge is 0.426 e. The summed E-state index contributed by atoms with van der Waals surface area (Å²) in [7, 11) is -5.19. The van der Waals surface area contributed by atoms with Gasteiger partial charge in [-0.3, -0.25) is 4.79 Å². The summed E-state index contributed by atoms with van der Waals surface area (Å²) < 4.78 is 27.3. The highest BCUT2D eigenvalue weighted by Gasteiger charge is 2.41. The lowest BCUT2D eigenvalue weighted by Crippen LogP contribution is -2.51. The fourth-order valence-electron chi connectivity index (χ4n) is 3.48. The Kier molecular flexibility index (Phi) is 5.45. The molecule has 136 valence electrons. The SMILES string of the molecule is O=C(C1C[C@H](NS(=O)(=O)c2ccccc2)CN1)N1CCC[C@H]1B(O)O. The van der Waals surface area contributed by atoms with Crippen molar-refractivity contribution in [2.75, 3.05) is 13.1 Å². The molecular formula is C15H22BN3O5S. The first-order valence-corrected chi connectivity index (χ1v) is 9.84. The number of likely N-dealkylation sites (tertiary alicyclic amines) is 1. The molecule has 4 N–H and O–H groups in total. The molecule has 1 aromatic rings. The number of carbonyl (C=O) groups excluding carboxylic acids is 1. The minimum atomic E-state index is -3.63. The second kappa shape index (κ2) is 7.42. The minimum Gasteiger partial charge on any atom is -0.426 e. The Labute approximate surface area is 147 Å². The Balaban J connectivity index is 1.61. The van der Waals surface area contributed by atoms with Gasteiger partial charge in [-0.1, -0.05) is 18.2 Å². The second-order valence-corrected chi connectivity index (χ2v) is 8.20. The lowest BCUT2D eigenvalue weighted by Gasteiger charge is -2.26. The number of carbonyl (C=O) groups is 1. The van der Waals surface area contributed by atoms with Crippen LogP contribution in [0, 0.1) is 0 Å². The van der Waals surface area contributed by atoms with Crippen molar-refractivity contribution in [1.82, 2.24) is 14.9 Å². The summed E-state index contributed by atoms with van der Waals surface area (Å²) in [5.41, 5.74) is 0. The van der Waals surface area contributed by atoms with E-state index in [0.717, 1.165) is 6.42 Å². The van der Waals surface area contributed by atoms with Crippen molar-refractivity contribution in [1.29, 1.82) is 0 Å². The molecule has 1 unspecified atom stereocenters. The molecule has 1 aromatic carbocycles. The molecule has 1 amide bonds. The Morgan fingerprint density at radius 1 is 1.28 bits per heavy atom. The first-order valence-electron chi connectivity index (χ1n) is 8.36. The van der Waals surface area contributed by atoms with Gasteiger partial charge in [-0.05, 0) is 31.4 Å². The largest absolute Gasteiger partial charge is 0.475 e. The van der Waals surface area contributed by atoms with Crippen LogP contribution in [0.15, 0.2) is 35.2 Å². The Morgan fingerprint density at radius 2 is 2.00 bits per heavy atom. The van der Waals surface area contributed by atoms with E-state index >= 15 is 0 Å². The summed E-state index contributed by atoms with van der Waals surface area (Å²) in [4.78, 5) is 14.3. The molecule has 2 aliphatic rings. The van der Waals surface area contributed by atoms with Crippen molar-refractivity contribution in [2.45, 2.75) is 42.2 Å². The van der Waals surface area contributed by atoms with Gasteiger partial charge in [-0.2, -0.15) is 0 Å². The van der Waals surface area contributed by atoms with Crippen molar-refractivity contribution in [3.05, 3.63) is 30.3 Å². The van der Waals surface area contributed by atoms with Gasteiger partial charge in [-0.25, -0.2) is 13.1 Å². The summed E-state index contributed by atoms with van der Waals surface area (Å²) in [6.45, 7) is 0.836. The van der Waals surface area contributed by atoms with Crippen LogP contribution in [-0.2, 0) is 14.8 Å². The molecule has 0 spiro atoms. The predicted octanol–water partition coefficient (Wildman–Crippen LogP) is -1.30. The van der Waals surface area contributed by atoms with Gasteiger partial charge in [0, 0.05) is 19.1 Å². The summed E-state index contributed by atoms with van der Waals surface area (Å²) in [5.74, 6) is -0.800. The van der Waals surface area contributed by atoms with E-state index in [2.05, 4.69) is 10.0 Å². The molecule has 3 rings (SSSR count). The predicted molar refractivity (Wildman–Crippen MR) is 91.9 cm³/mol. The molecule has 2 fully saturated rings. The molecular weight excluding hydrogens is 345 g/mol. The molecule has 0 aliphatic carbocycles. The van der Waals surface area contributed by atoms with Gasteiger partial charge in [0.05, 0.1) is 16.9 Å². The normalized spacial score (nSPS) is 26.8. The topological polar surface area (TPSA) is 119 Å². The molecule has 2 aliphatic heterocycles.